The van der Waals surface area contributed by atoms with E-state index in [4.69, 9.17) is 5.73 Å². The van der Waals surface area contributed by atoms with E-state index >= 15 is 0 Å². The number of carbonyl (C=O) groups excluding carboxylic acids is 4. The van der Waals surface area contributed by atoms with Crippen LogP contribution in [0.4, 0.5) is 16.2 Å². The zero-order chi connectivity index (χ0) is 23.1. The maximum atomic E-state index is 13.0. The highest BCUT2D eigenvalue weighted by atomic mass is 16.4. The lowest BCUT2D eigenvalue weighted by Crippen LogP contribution is -2.57. The minimum Gasteiger partial charge on any atom is -0.480 e. The molecule has 11 heteroatoms. The van der Waals surface area contributed by atoms with Crippen LogP contribution in [-0.2, 0) is 19.2 Å². The van der Waals surface area contributed by atoms with Crippen molar-refractivity contribution in [1.82, 2.24) is 10.6 Å². The first kappa shape index (κ1) is 23.6. The van der Waals surface area contributed by atoms with Crippen molar-refractivity contribution in [1.29, 1.82) is 0 Å². The molecule has 0 saturated carbocycles. The number of hydrogen-bond donors (Lipinski definition) is 5. The van der Waals surface area contributed by atoms with Gasteiger partial charge in [0.05, 0.1) is 11.4 Å². The minimum absolute atomic E-state index is 0.169. The van der Waals surface area contributed by atoms with Crippen LogP contribution in [0.2, 0.25) is 0 Å². The SMILES string of the molecule is CC[C@H](C)[C@H](NC(=O)N1CC(=O)Nc2ccccc21)C(=O)N[C@@H](CCC(N)=O)C(=O)O. The van der Waals surface area contributed by atoms with Crippen molar-refractivity contribution in [2.75, 3.05) is 16.8 Å². The van der Waals surface area contributed by atoms with Crippen molar-refractivity contribution < 1.29 is 29.1 Å². The zero-order valence-electron chi connectivity index (χ0n) is 17.4. The first-order valence-electron chi connectivity index (χ1n) is 9.92. The molecule has 1 aliphatic rings. The van der Waals surface area contributed by atoms with Crippen LogP contribution in [0, 0.1) is 5.92 Å². The van der Waals surface area contributed by atoms with Crippen LogP contribution in [0.15, 0.2) is 24.3 Å². The number of rotatable bonds is 9. The zero-order valence-corrected chi connectivity index (χ0v) is 17.4. The van der Waals surface area contributed by atoms with Crippen molar-refractivity contribution in [3.05, 3.63) is 24.3 Å². The summed E-state index contributed by atoms with van der Waals surface area (Å²) in [5, 5.41) is 17.0. The van der Waals surface area contributed by atoms with E-state index in [-0.39, 0.29) is 31.2 Å². The van der Waals surface area contributed by atoms with Crippen LogP contribution in [0.25, 0.3) is 0 Å². The van der Waals surface area contributed by atoms with Crippen LogP contribution in [-0.4, -0.2) is 53.5 Å². The number of carboxylic acids is 1. The molecule has 11 nitrogen and oxygen atoms in total. The third-order valence-corrected chi connectivity index (χ3v) is 5.08. The van der Waals surface area contributed by atoms with Crippen molar-refractivity contribution in [3.8, 4) is 0 Å². The topological polar surface area (TPSA) is 171 Å². The molecule has 3 atom stereocenters. The Morgan fingerprint density at radius 3 is 2.52 bits per heavy atom. The van der Waals surface area contributed by atoms with E-state index in [1.807, 2.05) is 6.92 Å². The maximum Gasteiger partial charge on any atom is 0.326 e. The summed E-state index contributed by atoms with van der Waals surface area (Å²) in [6.45, 7) is 3.33. The summed E-state index contributed by atoms with van der Waals surface area (Å²) < 4.78 is 0. The van der Waals surface area contributed by atoms with Crippen LogP contribution in [0.3, 0.4) is 0 Å². The molecule has 0 saturated heterocycles. The number of nitrogens with zero attached hydrogens (tertiary/aromatic N) is 1. The number of aliphatic carboxylic acids is 1. The molecule has 0 unspecified atom stereocenters. The van der Waals surface area contributed by atoms with Gasteiger partial charge in [-0.1, -0.05) is 32.4 Å². The van der Waals surface area contributed by atoms with Gasteiger partial charge in [0, 0.05) is 6.42 Å². The number of primary amides is 1. The van der Waals surface area contributed by atoms with E-state index in [1.165, 1.54) is 4.90 Å². The number of carboxylic acid groups (broad SMARTS) is 1. The molecule has 168 valence electrons. The number of anilines is 2. The van der Waals surface area contributed by atoms with Gasteiger partial charge in [0.15, 0.2) is 0 Å². The van der Waals surface area contributed by atoms with E-state index in [9.17, 15) is 29.1 Å². The van der Waals surface area contributed by atoms with Gasteiger partial charge in [-0.05, 0) is 24.5 Å². The number of nitrogens with one attached hydrogen (secondary N) is 3. The summed E-state index contributed by atoms with van der Waals surface area (Å²) >= 11 is 0. The molecule has 1 heterocycles. The normalized spacial score (nSPS) is 15.7. The Morgan fingerprint density at radius 2 is 1.90 bits per heavy atom. The van der Waals surface area contributed by atoms with E-state index in [2.05, 4.69) is 16.0 Å². The molecule has 0 aliphatic carbocycles. The molecule has 0 fully saturated rings. The van der Waals surface area contributed by atoms with Crippen LogP contribution in [0.1, 0.15) is 33.1 Å². The molecule has 6 N–H and O–H groups in total. The highest BCUT2D eigenvalue weighted by Gasteiger charge is 2.33. The van der Waals surface area contributed by atoms with Gasteiger partial charge in [-0.2, -0.15) is 0 Å². The molecule has 31 heavy (non-hydrogen) atoms. The van der Waals surface area contributed by atoms with E-state index in [1.54, 1.807) is 31.2 Å². The molecule has 2 rings (SSSR count). The number of nitrogens with two attached hydrogens (primary N) is 1. The van der Waals surface area contributed by atoms with E-state index in [0.29, 0.717) is 17.8 Å². The number of amides is 5. The molecule has 1 aliphatic heterocycles. The van der Waals surface area contributed by atoms with E-state index < -0.39 is 35.9 Å². The summed E-state index contributed by atoms with van der Waals surface area (Å²) in [6.07, 6.45) is 0.142. The molecular formula is C20H27N5O6. The molecular weight excluding hydrogens is 406 g/mol. The monoisotopic (exact) mass is 433 g/mol. The average Bonchev–Trinajstić information content (AvgIpc) is 2.72. The number of hydrogen-bond acceptors (Lipinski definition) is 5. The van der Waals surface area contributed by atoms with Crippen molar-refractivity contribution in [2.24, 2.45) is 11.7 Å². The maximum absolute atomic E-state index is 13.0. The van der Waals surface area contributed by atoms with Crippen LogP contribution in [0.5, 0.6) is 0 Å². The average molecular weight is 433 g/mol. The summed E-state index contributed by atoms with van der Waals surface area (Å²) in [6, 6.07) is 3.71. The fourth-order valence-corrected chi connectivity index (χ4v) is 3.13. The number of fused-ring (bicyclic) bond motifs is 1. The fraction of sp³-hybridized carbons (Fsp3) is 0.450. The smallest absolute Gasteiger partial charge is 0.326 e. The highest BCUT2D eigenvalue weighted by molar-refractivity contribution is 6.10. The van der Waals surface area contributed by atoms with Crippen molar-refractivity contribution in [2.45, 2.75) is 45.2 Å². The van der Waals surface area contributed by atoms with E-state index in [0.717, 1.165) is 0 Å². The fourth-order valence-electron chi connectivity index (χ4n) is 3.13. The Balaban J connectivity index is 2.18. The Hall–Kier alpha value is -3.63. The highest BCUT2D eigenvalue weighted by Crippen LogP contribution is 2.29. The molecule has 0 spiro atoms. The number of carbonyl (C=O) groups is 5. The lowest BCUT2D eigenvalue weighted by atomic mass is 9.97. The Bertz CT molecular complexity index is 873. The first-order chi connectivity index (χ1) is 14.6. The quantitative estimate of drug-likeness (QED) is 0.377. The molecule has 0 aromatic heterocycles. The summed E-state index contributed by atoms with van der Waals surface area (Å²) in [5.41, 5.74) is 6.01. The van der Waals surface area contributed by atoms with Crippen LogP contribution >= 0.6 is 0 Å². The third-order valence-electron chi connectivity index (χ3n) is 5.08. The molecule has 0 radical (unpaired) electrons. The summed E-state index contributed by atoms with van der Waals surface area (Å²) in [7, 11) is 0. The summed E-state index contributed by atoms with van der Waals surface area (Å²) in [4.78, 5) is 61.4. The van der Waals surface area contributed by atoms with Crippen molar-refractivity contribution in [3.63, 3.8) is 0 Å². The van der Waals surface area contributed by atoms with Gasteiger partial charge in [-0.15, -0.1) is 0 Å². The van der Waals surface area contributed by atoms with Gasteiger partial charge in [0.1, 0.15) is 18.6 Å². The minimum atomic E-state index is -1.33. The standard InChI is InChI=1S/C20H27N5O6/c1-3-11(2)17(18(28)23-13(19(29)30)8-9-15(21)26)24-20(31)25-10-16(27)22-12-6-4-5-7-14(12)25/h4-7,11,13,17H,3,8-10H2,1-2H3,(H2,21,26)(H,22,27)(H,23,28)(H,24,31)(H,29,30)/t11-,13-,17-/m0/s1. The lowest BCUT2D eigenvalue weighted by Gasteiger charge is -2.32. The number of benzene rings is 1. The van der Waals surface area contributed by atoms with Gasteiger partial charge in [-0.25, -0.2) is 9.59 Å². The van der Waals surface area contributed by atoms with Crippen molar-refractivity contribution >= 4 is 41.1 Å². The van der Waals surface area contributed by atoms with Gasteiger partial charge in [0.2, 0.25) is 17.7 Å². The predicted octanol–water partition coefficient (Wildman–Crippen LogP) is 0.404. The molecule has 0 bridgehead atoms. The van der Waals surface area contributed by atoms with Crippen LogP contribution < -0.4 is 26.6 Å². The number of urea groups is 1. The third kappa shape index (κ3) is 6.17. The summed E-state index contributed by atoms with van der Waals surface area (Å²) in [5.74, 6) is -3.41. The number of para-hydroxylation sites is 2. The van der Waals surface area contributed by atoms with Gasteiger partial charge in [0.25, 0.3) is 0 Å². The van der Waals surface area contributed by atoms with Gasteiger partial charge < -0.3 is 26.8 Å². The Labute approximate surface area is 179 Å². The lowest BCUT2D eigenvalue weighted by molar-refractivity contribution is -0.142. The first-order valence-corrected chi connectivity index (χ1v) is 9.92. The molecule has 1 aromatic rings. The molecule has 5 amide bonds. The predicted molar refractivity (Wildman–Crippen MR) is 112 cm³/mol. The Morgan fingerprint density at radius 1 is 1.23 bits per heavy atom. The second-order valence-corrected chi connectivity index (χ2v) is 7.37. The second kappa shape index (κ2) is 10.4. The largest absolute Gasteiger partial charge is 0.480 e. The van der Waals surface area contributed by atoms with Gasteiger partial charge >= 0.3 is 12.0 Å². The molecule has 1 aromatic carbocycles. The Kier molecular flexibility index (Phi) is 7.94. The van der Waals surface area contributed by atoms with Gasteiger partial charge in [-0.3, -0.25) is 19.3 Å². The second-order valence-electron chi connectivity index (χ2n) is 7.37.